The zero-order valence-electron chi connectivity index (χ0n) is 10.3. The fourth-order valence-electron chi connectivity index (χ4n) is 2.38. The first-order valence-corrected chi connectivity index (χ1v) is 6.15. The van der Waals surface area contributed by atoms with E-state index in [1.165, 1.54) is 11.1 Å². The van der Waals surface area contributed by atoms with Crippen molar-refractivity contribution < 1.29 is 4.92 Å². The van der Waals surface area contributed by atoms with Crippen molar-refractivity contribution in [1.29, 1.82) is 0 Å². The minimum absolute atomic E-state index is 0.130. The van der Waals surface area contributed by atoms with Crippen LogP contribution >= 0.6 is 0 Å². The Labute approximate surface area is 110 Å². The maximum absolute atomic E-state index is 10.6. The van der Waals surface area contributed by atoms with Crippen molar-refractivity contribution in [2.75, 3.05) is 11.4 Å². The smallest absolute Gasteiger partial charge is 0.269 e. The third-order valence-corrected chi connectivity index (χ3v) is 3.44. The molecule has 96 valence electrons. The lowest BCUT2D eigenvalue weighted by molar-refractivity contribution is -0.384. The van der Waals surface area contributed by atoms with Gasteiger partial charge in [0.15, 0.2) is 0 Å². The summed E-state index contributed by atoms with van der Waals surface area (Å²) in [6.07, 6.45) is 4.68. The fraction of sp³-hybridized carbons (Fsp3) is 0.214. The summed E-state index contributed by atoms with van der Waals surface area (Å²) in [5.41, 5.74) is 3.72. The number of fused-ring (bicyclic) bond motifs is 1. The Bertz CT molecular complexity index is 610. The van der Waals surface area contributed by atoms with Crippen molar-refractivity contribution in [3.63, 3.8) is 0 Å². The monoisotopic (exact) mass is 255 g/mol. The van der Waals surface area contributed by atoms with Crippen LogP contribution in [0.15, 0.2) is 42.7 Å². The number of anilines is 1. The minimum Gasteiger partial charge on any atom is -0.367 e. The minimum atomic E-state index is -0.374. The molecular formula is C14H13N3O2. The molecule has 1 aliphatic rings. The van der Waals surface area contributed by atoms with Crippen LogP contribution in [0.3, 0.4) is 0 Å². The maximum Gasteiger partial charge on any atom is 0.269 e. The number of nitro groups is 1. The van der Waals surface area contributed by atoms with E-state index in [1.807, 2.05) is 24.4 Å². The largest absolute Gasteiger partial charge is 0.367 e. The van der Waals surface area contributed by atoms with E-state index in [4.69, 9.17) is 0 Å². The zero-order chi connectivity index (χ0) is 13.2. The van der Waals surface area contributed by atoms with Crippen molar-refractivity contribution in [3.8, 4) is 0 Å². The Balaban J connectivity index is 1.83. The number of hydrogen-bond donors (Lipinski definition) is 0. The number of nitrogens with zero attached hydrogens (tertiary/aromatic N) is 3. The van der Waals surface area contributed by atoms with E-state index in [2.05, 4.69) is 9.88 Å². The number of nitro benzene ring substituents is 1. The SMILES string of the molecule is O=[N+]([O-])c1ccc(N2CCc3cnccc3C2)cc1. The van der Waals surface area contributed by atoms with E-state index in [1.54, 1.807) is 18.3 Å². The normalized spacial score (nSPS) is 14.0. The van der Waals surface area contributed by atoms with Crippen LogP contribution in [0.4, 0.5) is 11.4 Å². The highest BCUT2D eigenvalue weighted by atomic mass is 16.6. The quantitative estimate of drug-likeness (QED) is 0.611. The molecule has 2 aromatic rings. The molecule has 0 saturated heterocycles. The van der Waals surface area contributed by atoms with E-state index in [0.717, 1.165) is 25.2 Å². The summed E-state index contributed by atoms with van der Waals surface area (Å²) < 4.78 is 0. The first kappa shape index (κ1) is 11.6. The molecule has 1 aromatic heterocycles. The number of rotatable bonds is 2. The molecule has 3 rings (SSSR count). The average Bonchev–Trinajstić information content (AvgIpc) is 2.47. The van der Waals surface area contributed by atoms with Gasteiger partial charge >= 0.3 is 0 Å². The van der Waals surface area contributed by atoms with E-state index in [-0.39, 0.29) is 10.6 Å². The molecule has 0 aliphatic carbocycles. The molecule has 0 fully saturated rings. The van der Waals surface area contributed by atoms with Crippen molar-refractivity contribution >= 4 is 11.4 Å². The van der Waals surface area contributed by atoms with E-state index in [0.29, 0.717) is 0 Å². The summed E-state index contributed by atoms with van der Waals surface area (Å²) >= 11 is 0. The van der Waals surface area contributed by atoms with Crippen LogP contribution in [0.25, 0.3) is 0 Å². The lowest BCUT2D eigenvalue weighted by Crippen LogP contribution is -2.30. The Hall–Kier alpha value is -2.43. The molecule has 0 saturated carbocycles. The standard InChI is InChI=1S/C14H13N3O2/c18-17(19)14-3-1-13(2-4-14)16-8-6-11-9-15-7-5-12(11)10-16/h1-5,7,9H,6,8,10H2. The molecule has 0 amide bonds. The maximum atomic E-state index is 10.6. The second-order valence-corrected chi connectivity index (χ2v) is 4.59. The molecule has 1 aliphatic heterocycles. The highest BCUT2D eigenvalue weighted by molar-refractivity contribution is 5.52. The van der Waals surface area contributed by atoms with Gasteiger partial charge in [0, 0.05) is 43.3 Å². The molecule has 2 heterocycles. The summed E-state index contributed by atoms with van der Waals surface area (Å²) in [6, 6.07) is 8.76. The van der Waals surface area contributed by atoms with E-state index < -0.39 is 0 Å². The topological polar surface area (TPSA) is 59.3 Å². The van der Waals surface area contributed by atoms with Crippen LogP contribution in [0.2, 0.25) is 0 Å². The van der Waals surface area contributed by atoms with Gasteiger partial charge in [0.05, 0.1) is 4.92 Å². The van der Waals surface area contributed by atoms with Crippen LogP contribution in [0.5, 0.6) is 0 Å². The predicted octanol–water partition coefficient (Wildman–Crippen LogP) is 2.55. The van der Waals surface area contributed by atoms with Gasteiger partial charge < -0.3 is 4.90 Å². The van der Waals surface area contributed by atoms with Crippen LogP contribution in [0, 0.1) is 10.1 Å². The number of pyridine rings is 1. The van der Waals surface area contributed by atoms with Gasteiger partial charge in [-0.05, 0) is 35.7 Å². The zero-order valence-corrected chi connectivity index (χ0v) is 10.3. The Kier molecular flexibility index (Phi) is 2.87. The summed E-state index contributed by atoms with van der Waals surface area (Å²) in [7, 11) is 0. The summed E-state index contributed by atoms with van der Waals surface area (Å²) in [5.74, 6) is 0. The molecular weight excluding hydrogens is 242 g/mol. The first-order valence-electron chi connectivity index (χ1n) is 6.15. The first-order chi connectivity index (χ1) is 9.24. The molecule has 0 bridgehead atoms. The lowest BCUT2D eigenvalue weighted by atomic mass is 10.0. The lowest BCUT2D eigenvalue weighted by Gasteiger charge is -2.30. The summed E-state index contributed by atoms with van der Waals surface area (Å²) in [6.45, 7) is 1.74. The highest BCUT2D eigenvalue weighted by Crippen LogP contribution is 2.25. The molecule has 0 N–H and O–H groups in total. The van der Waals surface area contributed by atoms with Crippen molar-refractivity contribution in [1.82, 2.24) is 4.98 Å². The Morgan fingerprint density at radius 1 is 1.16 bits per heavy atom. The van der Waals surface area contributed by atoms with Gasteiger partial charge in [-0.3, -0.25) is 15.1 Å². The van der Waals surface area contributed by atoms with Gasteiger partial charge in [0.1, 0.15) is 0 Å². The fourth-order valence-corrected chi connectivity index (χ4v) is 2.38. The molecule has 1 aromatic carbocycles. The van der Waals surface area contributed by atoms with Gasteiger partial charge in [-0.2, -0.15) is 0 Å². The second-order valence-electron chi connectivity index (χ2n) is 4.59. The van der Waals surface area contributed by atoms with Gasteiger partial charge in [0.2, 0.25) is 0 Å². The molecule has 5 nitrogen and oxygen atoms in total. The third kappa shape index (κ3) is 2.27. The molecule has 0 spiro atoms. The van der Waals surface area contributed by atoms with Crippen molar-refractivity contribution in [2.24, 2.45) is 0 Å². The van der Waals surface area contributed by atoms with Gasteiger partial charge in [0.25, 0.3) is 5.69 Å². The van der Waals surface area contributed by atoms with Crippen LogP contribution < -0.4 is 4.90 Å². The van der Waals surface area contributed by atoms with Crippen LogP contribution in [-0.4, -0.2) is 16.5 Å². The molecule has 0 atom stereocenters. The predicted molar refractivity (Wildman–Crippen MR) is 72.1 cm³/mol. The van der Waals surface area contributed by atoms with Gasteiger partial charge in [-0.1, -0.05) is 0 Å². The van der Waals surface area contributed by atoms with Crippen LogP contribution in [-0.2, 0) is 13.0 Å². The third-order valence-electron chi connectivity index (χ3n) is 3.44. The van der Waals surface area contributed by atoms with Crippen molar-refractivity contribution in [2.45, 2.75) is 13.0 Å². The summed E-state index contributed by atoms with van der Waals surface area (Å²) in [5, 5.41) is 10.6. The second kappa shape index (κ2) is 4.68. The highest BCUT2D eigenvalue weighted by Gasteiger charge is 2.17. The molecule has 5 heteroatoms. The van der Waals surface area contributed by atoms with Gasteiger partial charge in [-0.15, -0.1) is 0 Å². The number of benzene rings is 1. The van der Waals surface area contributed by atoms with E-state index in [9.17, 15) is 10.1 Å². The molecule has 0 radical (unpaired) electrons. The van der Waals surface area contributed by atoms with Crippen LogP contribution in [0.1, 0.15) is 11.1 Å². The Morgan fingerprint density at radius 2 is 1.95 bits per heavy atom. The number of hydrogen-bond acceptors (Lipinski definition) is 4. The van der Waals surface area contributed by atoms with Crippen molar-refractivity contribution in [3.05, 3.63) is 64.0 Å². The summed E-state index contributed by atoms with van der Waals surface area (Å²) in [4.78, 5) is 16.6. The average molecular weight is 255 g/mol. The number of non-ortho nitro benzene ring substituents is 1. The Morgan fingerprint density at radius 3 is 2.68 bits per heavy atom. The van der Waals surface area contributed by atoms with E-state index >= 15 is 0 Å². The number of aromatic nitrogens is 1. The van der Waals surface area contributed by atoms with Gasteiger partial charge in [-0.25, -0.2) is 0 Å². The molecule has 19 heavy (non-hydrogen) atoms. The molecule has 0 unspecified atom stereocenters.